The zero-order chi connectivity index (χ0) is 14.0. The first-order valence-electron chi connectivity index (χ1n) is 5.21. The van der Waals surface area contributed by atoms with E-state index in [1.54, 1.807) is 0 Å². The van der Waals surface area contributed by atoms with Crippen molar-refractivity contribution < 1.29 is 18.0 Å². The fourth-order valence-corrected chi connectivity index (χ4v) is 1.84. The Hall–Kier alpha value is -1.88. The van der Waals surface area contributed by atoms with Gasteiger partial charge in [-0.3, -0.25) is 9.78 Å². The van der Waals surface area contributed by atoms with E-state index in [0.717, 1.165) is 12.1 Å². The van der Waals surface area contributed by atoms with Crippen LogP contribution in [0.3, 0.4) is 0 Å². The highest BCUT2D eigenvalue weighted by Crippen LogP contribution is 2.33. The normalized spacial score (nSPS) is 11.4. The Labute approximate surface area is 111 Å². The van der Waals surface area contributed by atoms with Gasteiger partial charge < -0.3 is 0 Å². The molecular weight excluding hydrogens is 279 g/mol. The number of nitrogens with zero attached hydrogens (tertiary/aromatic N) is 1. The molecule has 0 radical (unpaired) electrons. The van der Waals surface area contributed by atoms with E-state index in [0.29, 0.717) is 0 Å². The lowest BCUT2D eigenvalue weighted by molar-refractivity contribution is -0.137. The van der Waals surface area contributed by atoms with Crippen molar-refractivity contribution in [2.45, 2.75) is 6.18 Å². The molecule has 1 aromatic carbocycles. The van der Waals surface area contributed by atoms with Crippen molar-refractivity contribution in [2.24, 2.45) is 0 Å². The first kappa shape index (κ1) is 13.5. The Morgan fingerprint density at radius 1 is 1.11 bits per heavy atom. The number of alkyl halides is 3. The van der Waals surface area contributed by atoms with Gasteiger partial charge in [0.25, 0.3) is 0 Å². The van der Waals surface area contributed by atoms with E-state index in [-0.39, 0.29) is 10.6 Å². The molecule has 0 aliphatic rings. The van der Waals surface area contributed by atoms with Crippen molar-refractivity contribution in [3.8, 4) is 0 Å². The van der Waals surface area contributed by atoms with Crippen LogP contribution in [-0.4, -0.2) is 10.8 Å². The molecule has 0 amide bonds. The predicted molar refractivity (Wildman–Crippen MR) is 64.1 cm³/mol. The molecule has 19 heavy (non-hydrogen) atoms. The van der Waals surface area contributed by atoms with Gasteiger partial charge in [-0.2, -0.15) is 13.2 Å². The van der Waals surface area contributed by atoms with Crippen LogP contribution < -0.4 is 0 Å². The Morgan fingerprint density at radius 3 is 2.42 bits per heavy atom. The van der Waals surface area contributed by atoms with Gasteiger partial charge in [-0.1, -0.05) is 29.8 Å². The molecule has 2 nitrogen and oxygen atoms in total. The molecule has 0 saturated carbocycles. The predicted octanol–water partition coefficient (Wildman–Crippen LogP) is 3.98. The largest absolute Gasteiger partial charge is 0.417 e. The van der Waals surface area contributed by atoms with E-state index in [1.165, 1.54) is 30.6 Å². The quantitative estimate of drug-likeness (QED) is 0.781. The van der Waals surface area contributed by atoms with E-state index in [9.17, 15) is 18.0 Å². The number of carbonyl (C=O) groups is 1. The van der Waals surface area contributed by atoms with E-state index < -0.39 is 23.1 Å². The summed E-state index contributed by atoms with van der Waals surface area (Å²) in [6.07, 6.45) is -2.08. The van der Waals surface area contributed by atoms with E-state index >= 15 is 0 Å². The number of hydrogen-bond donors (Lipinski definition) is 0. The number of halogens is 4. The molecule has 0 atom stereocenters. The van der Waals surface area contributed by atoms with Crippen molar-refractivity contribution >= 4 is 17.4 Å². The number of benzene rings is 1. The monoisotopic (exact) mass is 285 g/mol. The second-order valence-electron chi connectivity index (χ2n) is 3.73. The Morgan fingerprint density at radius 2 is 1.79 bits per heavy atom. The molecule has 0 aliphatic carbocycles. The molecule has 1 heterocycles. The van der Waals surface area contributed by atoms with Crippen molar-refractivity contribution in [3.63, 3.8) is 0 Å². The molecular formula is C13H7ClF3NO. The van der Waals surface area contributed by atoms with Crippen LogP contribution in [0.2, 0.25) is 5.02 Å². The number of rotatable bonds is 2. The van der Waals surface area contributed by atoms with Crippen LogP contribution in [0.1, 0.15) is 21.5 Å². The zero-order valence-electron chi connectivity index (χ0n) is 9.41. The maximum absolute atomic E-state index is 12.8. The Kier molecular flexibility index (Phi) is 3.57. The van der Waals surface area contributed by atoms with Crippen molar-refractivity contribution in [1.82, 2.24) is 4.98 Å². The van der Waals surface area contributed by atoms with Crippen LogP contribution in [0, 0.1) is 0 Å². The number of hydrogen-bond acceptors (Lipinski definition) is 2. The SMILES string of the molecule is O=C(c1ccncc1Cl)c1ccccc1C(F)(F)F. The summed E-state index contributed by atoms with van der Waals surface area (Å²) in [5.74, 6) is -0.777. The highest BCUT2D eigenvalue weighted by atomic mass is 35.5. The van der Waals surface area contributed by atoms with E-state index in [1.807, 2.05) is 0 Å². The number of aromatic nitrogens is 1. The molecule has 0 saturated heterocycles. The minimum atomic E-state index is -4.59. The summed E-state index contributed by atoms with van der Waals surface area (Å²) in [5, 5.41) is 0.0180. The minimum absolute atomic E-state index is 0.00614. The second-order valence-corrected chi connectivity index (χ2v) is 4.14. The lowest BCUT2D eigenvalue weighted by atomic mass is 9.99. The third-order valence-corrected chi connectivity index (χ3v) is 2.80. The average Bonchev–Trinajstić information content (AvgIpc) is 2.37. The van der Waals surface area contributed by atoms with Gasteiger partial charge in [-0.15, -0.1) is 0 Å². The highest BCUT2D eigenvalue weighted by Gasteiger charge is 2.35. The smallest absolute Gasteiger partial charge is 0.289 e. The fraction of sp³-hybridized carbons (Fsp3) is 0.0769. The first-order valence-corrected chi connectivity index (χ1v) is 5.59. The van der Waals surface area contributed by atoms with Gasteiger partial charge in [-0.05, 0) is 12.1 Å². The molecule has 2 aromatic rings. The van der Waals surface area contributed by atoms with Crippen LogP contribution in [-0.2, 0) is 6.18 Å². The highest BCUT2D eigenvalue weighted by molar-refractivity contribution is 6.34. The molecule has 0 fully saturated rings. The van der Waals surface area contributed by atoms with Crippen molar-refractivity contribution in [2.75, 3.05) is 0 Å². The molecule has 0 N–H and O–H groups in total. The fourth-order valence-electron chi connectivity index (χ4n) is 1.63. The van der Waals surface area contributed by atoms with Gasteiger partial charge in [0.05, 0.1) is 10.6 Å². The van der Waals surface area contributed by atoms with Crippen LogP contribution in [0.4, 0.5) is 13.2 Å². The third-order valence-electron chi connectivity index (χ3n) is 2.49. The van der Waals surface area contributed by atoms with Gasteiger partial charge in [0.2, 0.25) is 0 Å². The Bertz CT molecular complexity index is 625. The van der Waals surface area contributed by atoms with Gasteiger partial charge in [0, 0.05) is 23.5 Å². The zero-order valence-corrected chi connectivity index (χ0v) is 10.2. The van der Waals surface area contributed by atoms with Crippen LogP contribution in [0.5, 0.6) is 0 Å². The average molecular weight is 286 g/mol. The molecule has 0 spiro atoms. The topological polar surface area (TPSA) is 30.0 Å². The summed E-state index contributed by atoms with van der Waals surface area (Å²) >= 11 is 5.77. The molecule has 0 bridgehead atoms. The summed E-state index contributed by atoms with van der Waals surface area (Å²) in [6.45, 7) is 0. The summed E-state index contributed by atoms with van der Waals surface area (Å²) in [6, 6.07) is 5.88. The van der Waals surface area contributed by atoms with Crippen LogP contribution in [0.25, 0.3) is 0 Å². The number of ketones is 1. The maximum Gasteiger partial charge on any atom is 0.417 e. The van der Waals surface area contributed by atoms with Crippen molar-refractivity contribution in [3.05, 3.63) is 64.4 Å². The van der Waals surface area contributed by atoms with E-state index in [2.05, 4.69) is 4.98 Å². The first-order chi connectivity index (χ1) is 8.91. The molecule has 6 heteroatoms. The van der Waals surface area contributed by atoms with Crippen LogP contribution in [0.15, 0.2) is 42.7 Å². The van der Waals surface area contributed by atoms with E-state index in [4.69, 9.17) is 11.6 Å². The molecule has 0 aliphatic heterocycles. The lowest BCUT2D eigenvalue weighted by Crippen LogP contribution is -2.14. The van der Waals surface area contributed by atoms with Gasteiger partial charge in [0.15, 0.2) is 5.78 Å². The second kappa shape index (κ2) is 5.01. The minimum Gasteiger partial charge on any atom is -0.289 e. The molecule has 1 aromatic heterocycles. The molecule has 98 valence electrons. The van der Waals surface area contributed by atoms with Gasteiger partial charge in [0.1, 0.15) is 0 Å². The lowest BCUT2D eigenvalue weighted by Gasteiger charge is -2.12. The maximum atomic E-state index is 12.8. The summed E-state index contributed by atoms with van der Waals surface area (Å²) in [5.41, 5.74) is -1.41. The summed E-state index contributed by atoms with van der Waals surface area (Å²) < 4.78 is 38.5. The Balaban J connectivity index is 2.55. The number of carbonyl (C=O) groups excluding carboxylic acids is 1. The molecule has 0 unspecified atom stereocenters. The summed E-state index contributed by atoms with van der Waals surface area (Å²) in [4.78, 5) is 15.8. The summed E-state index contributed by atoms with van der Waals surface area (Å²) in [7, 11) is 0. The van der Waals surface area contributed by atoms with Gasteiger partial charge in [-0.25, -0.2) is 0 Å². The number of pyridine rings is 1. The molecule has 2 rings (SSSR count). The van der Waals surface area contributed by atoms with Gasteiger partial charge >= 0.3 is 6.18 Å². The van der Waals surface area contributed by atoms with Crippen molar-refractivity contribution in [1.29, 1.82) is 0 Å². The standard InChI is InChI=1S/C13H7ClF3NO/c14-11-7-18-6-5-9(11)12(19)8-3-1-2-4-10(8)13(15,16)17/h1-7H. The third kappa shape index (κ3) is 2.76. The van der Waals surface area contributed by atoms with Crippen LogP contribution >= 0.6 is 11.6 Å².